The van der Waals surface area contributed by atoms with Crippen LogP contribution in [0.25, 0.3) is 0 Å². The average Bonchev–Trinajstić information content (AvgIpc) is 2.66. The van der Waals surface area contributed by atoms with Crippen LogP contribution in [0.1, 0.15) is 38.3 Å². The molecule has 1 aliphatic carbocycles. The molecule has 4 heteroatoms. The molecule has 1 aromatic carbocycles. The van der Waals surface area contributed by atoms with E-state index in [4.69, 9.17) is 5.14 Å². The smallest absolute Gasteiger partial charge is 0.0942 e. The van der Waals surface area contributed by atoms with Crippen molar-refractivity contribution in [2.75, 3.05) is 0 Å². The molecular formula is C13H20BrNOS. The molecule has 1 aliphatic rings. The van der Waals surface area contributed by atoms with E-state index in [0.29, 0.717) is 0 Å². The molecular weight excluding hydrogens is 298 g/mol. The summed E-state index contributed by atoms with van der Waals surface area (Å²) in [7, 11) is -1.18. The molecule has 2 N–H and O–H groups in total. The fourth-order valence-electron chi connectivity index (χ4n) is 1.57. The molecule has 1 aromatic rings. The first kappa shape index (κ1) is 14.9. The lowest BCUT2D eigenvalue weighted by Gasteiger charge is -2.11. The van der Waals surface area contributed by atoms with Gasteiger partial charge in [-0.25, -0.2) is 4.21 Å². The lowest BCUT2D eigenvalue weighted by Crippen LogP contribution is -2.27. The third kappa shape index (κ3) is 4.53. The Kier molecular flexibility index (Phi) is 5.35. The van der Waals surface area contributed by atoms with Crippen LogP contribution in [0.5, 0.6) is 0 Å². The lowest BCUT2D eigenvalue weighted by molar-refractivity contribution is 0.650. The van der Waals surface area contributed by atoms with E-state index in [2.05, 4.69) is 34.1 Å². The number of hydrogen-bond donors (Lipinski definition) is 1. The van der Waals surface area contributed by atoms with Gasteiger partial charge in [-0.3, -0.25) is 5.14 Å². The highest BCUT2D eigenvalue weighted by atomic mass is 79.9. The Hall–Kier alpha value is -0.190. The first-order chi connectivity index (χ1) is 7.82. The van der Waals surface area contributed by atoms with Crippen LogP contribution in [-0.2, 0) is 23.8 Å². The molecule has 0 aromatic heterocycles. The number of hydrogen-bond acceptors (Lipinski definition) is 1. The number of rotatable bonds is 0. The minimum atomic E-state index is -1.18. The van der Waals surface area contributed by atoms with Gasteiger partial charge in [0.1, 0.15) is 0 Å². The summed E-state index contributed by atoms with van der Waals surface area (Å²) in [5.41, 5.74) is 3.07. The van der Waals surface area contributed by atoms with Gasteiger partial charge in [0.15, 0.2) is 0 Å². The Morgan fingerprint density at radius 3 is 2.35 bits per heavy atom. The van der Waals surface area contributed by atoms with Gasteiger partial charge in [-0.2, -0.15) is 0 Å². The first-order valence-electron chi connectivity index (χ1n) is 5.75. The summed E-state index contributed by atoms with van der Waals surface area (Å²) in [5, 5.41) is 5.04. The summed E-state index contributed by atoms with van der Waals surface area (Å²) in [6.45, 7) is 5.51. The zero-order valence-electron chi connectivity index (χ0n) is 10.6. The maximum Gasteiger partial charge on any atom is 0.0942 e. The largest absolute Gasteiger partial charge is 0.251 e. The molecule has 2 nitrogen and oxygen atoms in total. The van der Waals surface area contributed by atoms with Crippen molar-refractivity contribution in [3.63, 3.8) is 0 Å². The topological polar surface area (TPSA) is 43.1 Å². The molecule has 0 aliphatic heterocycles. The predicted molar refractivity (Wildman–Crippen MR) is 78.2 cm³/mol. The van der Waals surface area contributed by atoms with Crippen molar-refractivity contribution in [1.82, 2.24) is 0 Å². The first-order valence-corrected chi connectivity index (χ1v) is 7.75. The van der Waals surface area contributed by atoms with E-state index in [1.54, 1.807) is 0 Å². The summed E-state index contributed by atoms with van der Waals surface area (Å²) < 4.78 is 11.4. The van der Waals surface area contributed by atoms with Crippen molar-refractivity contribution in [2.45, 2.75) is 44.8 Å². The van der Waals surface area contributed by atoms with Gasteiger partial charge in [0, 0.05) is 4.47 Å². The van der Waals surface area contributed by atoms with E-state index in [-0.39, 0.29) is 4.75 Å². The van der Waals surface area contributed by atoms with Crippen molar-refractivity contribution >= 4 is 26.9 Å². The zero-order chi connectivity index (χ0) is 13.1. The molecule has 0 saturated heterocycles. The second-order valence-corrected chi connectivity index (χ2v) is 7.81. The van der Waals surface area contributed by atoms with Gasteiger partial charge >= 0.3 is 0 Å². The van der Waals surface area contributed by atoms with E-state index >= 15 is 0 Å². The second-order valence-electron chi connectivity index (χ2n) is 5.14. The van der Waals surface area contributed by atoms with Crippen molar-refractivity contribution in [1.29, 1.82) is 0 Å². The van der Waals surface area contributed by atoms with E-state index in [0.717, 1.165) is 0 Å². The van der Waals surface area contributed by atoms with Gasteiger partial charge in [0.2, 0.25) is 0 Å². The monoisotopic (exact) mass is 317 g/mol. The highest BCUT2D eigenvalue weighted by Crippen LogP contribution is 2.28. The third-order valence-corrected chi connectivity index (χ3v) is 4.64. The SMILES string of the molecule is Brc1cccc2c1CCC2.CC(C)(C)S(N)=O. The second kappa shape index (κ2) is 6.12. The fraction of sp³-hybridized carbons (Fsp3) is 0.538. The fourth-order valence-corrected chi connectivity index (χ4v) is 2.18. The van der Waals surface area contributed by atoms with Crippen LogP contribution >= 0.6 is 15.9 Å². The third-order valence-electron chi connectivity index (χ3n) is 2.69. The maximum atomic E-state index is 10.4. The molecule has 0 saturated carbocycles. The van der Waals surface area contributed by atoms with E-state index < -0.39 is 11.0 Å². The molecule has 0 amide bonds. The van der Waals surface area contributed by atoms with Crippen LogP contribution in [0.3, 0.4) is 0 Å². The molecule has 2 rings (SSSR count). The number of aryl methyl sites for hydroxylation is 1. The van der Waals surface area contributed by atoms with Crippen LogP contribution < -0.4 is 5.14 Å². The Morgan fingerprint density at radius 2 is 1.88 bits per heavy atom. The summed E-state index contributed by atoms with van der Waals surface area (Å²) >= 11 is 3.55. The average molecular weight is 318 g/mol. The van der Waals surface area contributed by atoms with Crippen LogP contribution in [0.15, 0.2) is 22.7 Å². The molecule has 0 radical (unpaired) electrons. The van der Waals surface area contributed by atoms with Crippen LogP contribution in [0.2, 0.25) is 0 Å². The van der Waals surface area contributed by atoms with E-state index in [1.807, 2.05) is 20.8 Å². The van der Waals surface area contributed by atoms with Crippen molar-refractivity contribution in [3.05, 3.63) is 33.8 Å². The van der Waals surface area contributed by atoms with Crippen LogP contribution in [0.4, 0.5) is 0 Å². The Bertz CT molecular complexity index is 412. The predicted octanol–water partition coefficient (Wildman–Crippen LogP) is 3.35. The molecule has 1 atom stereocenters. The van der Waals surface area contributed by atoms with Crippen molar-refractivity contribution in [2.24, 2.45) is 5.14 Å². The number of nitrogens with two attached hydrogens (primary N) is 1. The maximum absolute atomic E-state index is 10.4. The minimum absolute atomic E-state index is 0.250. The van der Waals surface area contributed by atoms with Gasteiger partial charge in [0.05, 0.1) is 15.7 Å². The van der Waals surface area contributed by atoms with Gasteiger partial charge < -0.3 is 0 Å². The van der Waals surface area contributed by atoms with Crippen molar-refractivity contribution in [3.8, 4) is 0 Å². The summed E-state index contributed by atoms with van der Waals surface area (Å²) in [5.74, 6) is 0. The lowest BCUT2D eigenvalue weighted by atomic mass is 10.1. The molecule has 1 unspecified atom stereocenters. The summed E-state index contributed by atoms with van der Waals surface area (Å²) in [4.78, 5) is 0. The number of fused-ring (bicyclic) bond motifs is 1. The molecule has 0 heterocycles. The summed E-state index contributed by atoms with van der Waals surface area (Å²) in [6, 6.07) is 6.48. The summed E-state index contributed by atoms with van der Waals surface area (Å²) in [6.07, 6.45) is 3.86. The number of halogens is 1. The van der Waals surface area contributed by atoms with Crippen LogP contribution in [-0.4, -0.2) is 8.96 Å². The normalized spacial score (nSPS) is 15.8. The standard InChI is InChI=1S/C9H9Br.C4H11NOS/c10-9-6-2-4-7-3-1-5-8(7)9;1-4(2,3)7(5)6/h2,4,6H,1,3,5H2;5H2,1-3H3. The Morgan fingerprint density at radius 1 is 1.29 bits per heavy atom. The molecule has 0 fully saturated rings. The van der Waals surface area contributed by atoms with Crippen LogP contribution in [0, 0.1) is 0 Å². The number of benzene rings is 1. The molecule has 0 bridgehead atoms. The molecule has 17 heavy (non-hydrogen) atoms. The Balaban J connectivity index is 0.000000185. The molecule has 0 spiro atoms. The minimum Gasteiger partial charge on any atom is -0.251 e. The van der Waals surface area contributed by atoms with Crippen molar-refractivity contribution < 1.29 is 4.21 Å². The van der Waals surface area contributed by atoms with Gasteiger partial charge in [-0.15, -0.1) is 0 Å². The highest BCUT2D eigenvalue weighted by Gasteiger charge is 2.14. The Labute approximate surface area is 115 Å². The quantitative estimate of drug-likeness (QED) is 0.783. The molecule has 96 valence electrons. The van der Waals surface area contributed by atoms with E-state index in [9.17, 15) is 4.21 Å². The zero-order valence-corrected chi connectivity index (χ0v) is 13.0. The van der Waals surface area contributed by atoms with Gasteiger partial charge in [0.25, 0.3) is 0 Å². The van der Waals surface area contributed by atoms with E-state index in [1.165, 1.54) is 34.9 Å². The highest BCUT2D eigenvalue weighted by molar-refractivity contribution is 9.10. The van der Waals surface area contributed by atoms with Gasteiger partial charge in [-0.05, 0) is 57.2 Å². The van der Waals surface area contributed by atoms with Gasteiger partial charge in [-0.1, -0.05) is 28.1 Å².